The smallest absolute Gasteiger partial charge is 0.239 e. The molecule has 176 valence electrons. The fourth-order valence-electron chi connectivity index (χ4n) is 4.25. The molecule has 2 aliphatic rings. The van der Waals surface area contributed by atoms with E-state index in [0.717, 1.165) is 46.8 Å². The van der Waals surface area contributed by atoms with Gasteiger partial charge in [0.2, 0.25) is 11.9 Å². The van der Waals surface area contributed by atoms with Crippen molar-refractivity contribution >= 4 is 23.2 Å². The minimum atomic E-state index is -0.721. The first-order valence-corrected chi connectivity index (χ1v) is 11.5. The lowest BCUT2D eigenvalue weighted by Gasteiger charge is -2.31. The molecule has 4 N–H and O–H groups in total. The van der Waals surface area contributed by atoms with E-state index in [2.05, 4.69) is 31.9 Å². The molecule has 0 radical (unpaired) electrons. The summed E-state index contributed by atoms with van der Waals surface area (Å²) in [5.74, 6) is 0.265. The van der Waals surface area contributed by atoms with E-state index in [1.54, 1.807) is 6.20 Å². The zero-order valence-corrected chi connectivity index (χ0v) is 18.8. The molecule has 6 bridgehead atoms. The summed E-state index contributed by atoms with van der Waals surface area (Å²) >= 11 is 0. The maximum Gasteiger partial charge on any atom is 0.239 e. The van der Waals surface area contributed by atoms with Crippen LogP contribution in [-0.2, 0) is 22.6 Å². The van der Waals surface area contributed by atoms with Crippen LogP contribution >= 0.6 is 0 Å². The Morgan fingerprint density at radius 2 is 1.97 bits per heavy atom. The van der Waals surface area contributed by atoms with E-state index in [-0.39, 0.29) is 12.5 Å². The minimum Gasteiger partial charge on any atom is -0.394 e. The number of anilines is 3. The molecule has 2 aromatic carbocycles. The first-order valence-electron chi connectivity index (χ1n) is 11.5. The number of nitrogens with zero attached hydrogens (tertiary/aromatic N) is 3. The molecule has 1 fully saturated rings. The number of benzene rings is 2. The lowest BCUT2D eigenvalue weighted by atomic mass is 10.1. The third-order valence-electron chi connectivity index (χ3n) is 6.07. The number of amides is 1. The highest BCUT2D eigenvalue weighted by Crippen LogP contribution is 2.27. The molecular weight excluding hydrogens is 432 g/mol. The fraction of sp³-hybridized carbons (Fsp3) is 0.320. The van der Waals surface area contributed by atoms with Gasteiger partial charge in [0.15, 0.2) is 0 Å². The number of carbonyl (C=O) groups excluding carboxylic acids is 1. The molecule has 9 heteroatoms. The van der Waals surface area contributed by atoms with Crippen LogP contribution in [0.1, 0.15) is 11.1 Å². The number of hydrogen-bond donors (Lipinski definition) is 4. The highest BCUT2D eigenvalue weighted by atomic mass is 16.5. The Morgan fingerprint density at radius 1 is 1.09 bits per heavy atom. The van der Waals surface area contributed by atoms with Crippen molar-refractivity contribution in [2.75, 3.05) is 43.1 Å². The zero-order chi connectivity index (χ0) is 23.3. The number of aliphatic hydroxyl groups excluding tert-OH is 1. The van der Waals surface area contributed by atoms with Crippen LogP contribution in [0.3, 0.4) is 0 Å². The van der Waals surface area contributed by atoms with Gasteiger partial charge >= 0.3 is 0 Å². The maximum absolute atomic E-state index is 12.8. The topological polar surface area (TPSA) is 112 Å². The molecule has 0 spiro atoms. The molecule has 1 aromatic heterocycles. The summed E-state index contributed by atoms with van der Waals surface area (Å²) < 4.78 is 5.51. The molecule has 0 aliphatic carbocycles. The van der Waals surface area contributed by atoms with Gasteiger partial charge < -0.3 is 25.4 Å². The van der Waals surface area contributed by atoms with Crippen molar-refractivity contribution in [3.63, 3.8) is 0 Å². The predicted octanol–water partition coefficient (Wildman–Crippen LogP) is 1.80. The summed E-state index contributed by atoms with van der Waals surface area (Å²) in [6.45, 7) is 3.42. The average Bonchev–Trinajstić information content (AvgIpc) is 2.88. The Morgan fingerprint density at radius 3 is 2.82 bits per heavy atom. The van der Waals surface area contributed by atoms with Gasteiger partial charge in [-0.05, 0) is 41.5 Å². The van der Waals surface area contributed by atoms with E-state index in [0.29, 0.717) is 32.3 Å². The highest BCUT2D eigenvalue weighted by Gasteiger charge is 2.20. The molecule has 2 aliphatic heterocycles. The maximum atomic E-state index is 12.8. The SMILES string of the molecule is O=C1NCc2cccc(c2)-c2ccnc(n2)Nc2ccc(N3CCOCC3)c(c2)CN[C@H]1CO. The van der Waals surface area contributed by atoms with Crippen LogP contribution in [-0.4, -0.2) is 59.9 Å². The average molecular weight is 461 g/mol. The lowest BCUT2D eigenvalue weighted by molar-refractivity contribution is -0.124. The molecule has 3 aromatic rings. The molecule has 3 heterocycles. The van der Waals surface area contributed by atoms with Gasteiger partial charge in [-0.15, -0.1) is 0 Å². The molecule has 5 rings (SSSR count). The number of aromatic nitrogens is 2. The van der Waals surface area contributed by atoms with E-state index in [4.69, 9.17) is 9.72 Å². The number of aliphatic hydroxyl groups is 1. The van der Waals surface area contributed by atoms with Crippen LogP contribution in [0, 0.1) is 0 Å². The largest absolute Gasteiger partial charge is 0.394 e. The predicted molar refractivity (Wildman–Crippen MR) is 130 cm³/mol. The van der Waals surface area contributed by atoms with Crippen molar-refractivity contribution in [1.82, 2.24) is 20.6 Å². The lowest BCUT2D eigenvalue weighted by Crippen LogP contribution is -2.46. The first kappa shape index (κ1) is 22.3. The molecule has 1 atom stereocenters. The summed E-state index contributed by atoms with van der Waals surface area (Å²) in [6.07, 6.45) is 1.73. The summed E-state index contributed by atoms with van der Waals surface area (Å²) in [5.41, 5.74) is 5.59. The normalized spacial score (nSPS) is 18.7. The molecular formula is C25H28N6O3. The van der Waals surface area contributed by atoms with Gasteiger partial charge in [0.25, 0.3) is 0 Å². The van der Waals surface area contributed by atoms with Crippen molar-refractivity contribution in [2.24, 2.45) is 0 Å². The second-order valence-electron chi connectivity index (χ2n) is 8.37. The standard InChI is InChI=1S/C25H28N6O3/c32-16-22-24(33)28-14-17-2-1-3-18(12-17)21-6-7-26-25(30-21)29-20-4-5-23(19(13-20)15-27-22)31-8-10-34-11-9-31/h1-7,12-13,22,27,32H,8-11,14-16H2,(H,28,33)(H,26,29,30)/t22-/m0/s1. The molecule has 34 heavy (non-hydrogen) atoms. The quantitative estimate of drug-likeness (QED) is 0.458. The van der Waals surface area contributed by atoms with E-state index < -0.39 is 6.04 Å². The van der Waals surface area contributed by atoms with Crippen LogP contribution in [0.4, 0.5) is 17.3 Å². The number of hydrogen-bond acceptors (Lipinski definition) is 8. The van der Waals surface area contributed by atoms with Crippen molar-refractivity contribution in [3.8, 4) is 11.3 Å². The third-order valence-corrected chi connectivity index (χ3v) is 6.07. The van der Waals surface area contributed by atoms with Crippen LogP contribution in [0.15, 0.2) is 54.7 Å². The van der Waals surface area contributed by atoms with Gasteiger partial charge in [0.05, 0.1) is 25.5 Å². The summed E-state index contributed by atoms with van der Waals surface area (Å²) in [4.78, 5) is 24.2. The second-order valence-corrected chi connectivity index (χ2v) is 8.37. The first-order chi connectivity index (χ1) is 16.7. The second kappa shape index (κ2) is 10.2. The Hall–Kier alpha value is -3.53. The summed E-state index contributed by atoms with van der Waals surface area (Å²) in [5, 5.41) is 19.4. The van der Waals surface area contributed by atoms with Gasteiger partial charge in [0.1, 0.15) is 6.04 Å². The Kier molecular flexibility index (Phi) is 6.66. The number of rotatable bonds is 2. The van der Waals surface area contributed by atoms with Gasteiger partial charge in [-0.2, -0.15) is 0 Å². The third kappa shape index (κ3) is 5.01. The van der Waals surface area contributed by atoms with Crippen LogP contribution in [0.5, 0.6) is 0 Å². The highest BCUT2D eigenvalue weighted by molar-refractivity contribution is 5.82. The van der Waals surface area contributed by atoms with Crippen LogP contribution in [0.2, 0.25) is 0 Å². The fourth-order valence-corrected chi connectivity index (χ4v) is 4.25. The van der Waals surface area contributed by atoms with Crippen molar-refractivity contribution in [1.29, 1.82) is 0 Å². The molecule has 0 saturated carbocycles. The van der Waals surface area contributed by atoms with Crippen LogP contribution < -0.4 is 20.9 Å². The van der Waals surface area contributed by atoms with Crippen LogP contribution in [0.25, 0.3) is 11.3 Å². The number of fused-ring (bicyclic) bond motifs is 7. The minimum absolute atomic E-state index is 0.244. The van der Waals surface area contributed by atoms with Gasteiger partial charge in [-0.25, -0.2) is 9.97 Å². The van der Waals surface area contributed by atoms with E-state index in [1.807, 2.05) is 42.5 Å². The molecule has 9 nitrogen and oxygen atoms in total. The van der Waals surface area contributed by atoms with Gasteiger partial charge in [0, 0.05) is 49.3 Å². The van der Waals surface area contributed by atoms with Gasteiger partial charge in [-0.3, -0.25) is 10.1 Å². The van der Waals surface area contributed by atoms with Gasteiger partial charge in [-0.1, -0.05) is 18.2 Å². The van der Waals surface area contributed by atoms with Crippen molar-refractivity contribution in [3.05, 3.63) is 65.9 Å². The summed E-state index contributed by atoms with van der Waals surface area (Å²) in [6, 6.07) is 15.1. The van der Waals surface area contributed by atoms with E-state index in [1.165, 1.54) is 0 Å². The molecule has 0 unspecified atom stereocenters. The zero-order valence-electron chi connectivity index (χ0n) is 18.8. The Balaban J connectivity index is 1.53. The molecule has 1 saturated heterocycles. The monoisotopic (exact) mass is 460 g/mol. The number of nitrogens with one attached hydrogen (secondary N) is 3. The summed E-state index contributed by atoms with van der Waals surface area (Å²) in [7, 11) is 0. The van der Waals surface area contributed by atoms with Crippen molar-refractivity contribution < 1.29 is 14.6 Å². The Labute approximate surface area is 198 Å². The molecule has 1 amide bonds. The van der Waals surface area contributed by atoms with E-state index >= 15 is 0 Å². The number of ether oxygens (including phenoxy) is 1. The van der Waals surface area contributed by atoms with E-state index in [9.17, 15) is 9.90 Å². The Bertz CT molecular complexity index is 1160. The number of morpholine rings is 1. The number of carbonyl (C=O) groups is 1. The van der Waals surface area contributed by atoms with Crippen molar-refractivity contribution in [2.45, 2.75) is 19.1 Å².